The number of rotatable bonds is 7. The van der Waals surface area contributed by atoms with Crippen LogP contribution in [0, 0.1) is 0 Å². The second-order valence-electron chi connectivity index (χ2n) is 6.34. The van der Waals surface area contributed by atoms with Gasteiger partial charge in [-0.15, -0.1) is 21.5 Å². The Kier molecular flexibility index (Phi) is 6.26. The first-order valence-corrected chi connectivity index (χ1v) is 11.8. The predicted octanol–water partition coefficient (Wildman–Crippen LogP) is 4.90. The summed E-state index contributed by atoms with van der Waals surface area (Å²) in [5.41, 5.74) is 2.10. The second-order valence-corrected chi connectivity index (χ2v) is 9.59. The molecule has 0 fully saturated rings. The molecule has 154 valence electrons. The minimum absolute atomic E-state index is 0.133. The molecule has 1 unspecified atom stereocenters. The zero-order valence-electron chi connectivity index (χ0n) is 16.6. The van der Waals surface area contributed by atoms with Crippen LogP contribution in [0.4, 0.5) is 5.13 Å². The zero-order valence-corrected chi connectivity index (χ0v) is 19.0. The summed E-state index contributed by atoms with van der Waals surface area (Å²) < 4.78 is 5.25. The van der Waals surface area contributed by atoms with E-state index < -0.39 is 0 Å². The molecule has 0 saturated carbocycles. The third-order valence-electron chi connectivity index (χ3n) is 4.39. The summed E-state index contributed by atoms with van der Waals surface area (Å²) >= 11 is 4.37. The number of hydrogen-bond donors (Lipinski definition) is 1. The normalized spacial score (nSPS) is 12.1. The zero-order chi connectivity index (χ0) is 21.1. The molecule has 4 aromatic rings. The van der Waals surface area contributed by atoms with Gasteiger partial charge in [0.05, 0.1) is 17.7 Å². The molecule has 1 atom stereocenters. The van der Waals surface area contributed by atoms with Crippen LogP contribution in [0.25, 0.3) is 21.3 Å². The molecule has 30 heavy (non-hydrogen) atoms. The summed E-state index contributed by atoms with van der Waals surface area (Å²) in [5.74, 6) is 0.670. The molecule has 0 saturated heterocycles. The molecule has 1 aromatic carbocycles. The van der Waals surface area contributed by atoms with Crippen molar-refractivity contribution in [3.05, 3.63) is 41.0 Å². The molecule has 3 aromatic heterocycles. The first-order chi connectivity index (χ1) is 14.6. The third-order valence-corrected chi connectivity index (χ3v) is 7.36. The fraction of sp³-hybridized carbons (Fsp3) is 0.250. The van der Waals surface area contributed by atoms with Crippen LogP contribution < -0.4 is 10.1 Å². The maximum Gasteiger partial charge on any atom is 0.239 e. The van der Waals surface area contributed by atoms with Crippen molar-refractivity contribution in [2.75, 3.05) is 12.4 Å². The molecule has 1 N–H and O–H groups in total. The Hall–Kier alpha value is -2.56. The van der Waals surface area contributed by atoms with Gasteiger partial charge in [-0.25, -0.2) is 9.97 Å². The van der Waals surface area contributed by atoms with E-state index >= 15 is 0 Å². The van der Waals surface area contributed by atoms with Crippen molar-refractivity contribution in [2.45, 2.75) is 30.5 Å². The smallest absolute Gasteiger partial charge is 0.239 e. The molecule has 10 heteroatoms. The molecule has 4 rings (SSSR count). The van der Waals surface area contributed by atoms with E-state index in [1.807, 2.05) is 38.1 Å². The van der Waals surface area contributed by atoms with E-state index in [2.05, 4.69) is 30.9 Å². The van der Waals surface area contributed by atoms with Gasteiger partial charge >= 0.3 is 0 Å². The second kappa shape index (κ2) is 9.07. The average Bonchev–Trinajstić information content (AvgIpc) is 3.41. The van der Waals surface area contributed by atoms with Gasteiger partial charge in [-0.2, -0.15) is 0 Å². The van der Waals surface area contributed by atoms with E-state index in [1.165, 1.54) is 23.1 Å². The molecule has 0 aliphatic rings. The quantitative estimate of drug-likeness (QED) is 0.312. The van der Waals surface area contributed by atoms with E-state index in [4.69, 9.17) is 4.74 Å². The minimum Gasteiger partial charge on any atom is -0.497 e. The summed E-state index contributed by atoms with van der Waals surface area (Å²) in [6.07, 6.45) is 2.34. The van der Waals surface area contributed by atoms with Gasteiger partial charge in [-0.1, -0.05) is 42.2 Å². The Labute approximate surface area is 185 Å². The van der Waals surface area contributed by atoms with Gasteiger partial charge in [0.15, 0.2) is 0 Å². The topological polar surface area (TPSA) is 89.9 Å². The van der Waals surface area contributed by atoms with Gasteiger partial charge in [0.2, 0.25) is 11.0 Å². The highest BCUT2D eigenvalue weighted by molar-refractivity contribution is 8.00. The number of methoxy groups -OCH3 is 1. The molecular weight excluding hydrogens is 438 g/mol. The predicted molar refractivity (Wildman–Crippen MR) is 123 cm³/mol. The highest BCUT2D eigenvalue weighted by Crippen LogP contribution is 2.39. The molecule has 0 spiro atoms. The fourth-order valence-corrected chi connectivity index (χ4v) is 5.39. The van der Waals surface area contributed by atoms with Crippen LogP contribution in [0.2, 0.25) is 0 Å². The van der Waals surface area contributed by atoms with Gasteiger partial charge in [-0.3, -0.25) is 10.1 Å². The van der Waals surface area contributed by atoms with Crippen molar-refractivity contribution in [2.24, 2.45) is 0 Å². The third kappa shape index (κ3) is 4.30. The summed E-state index contributed by atoms with van der Waals surface area (Å²) in [4.78, 5) is 22.4. The molecule has 0 aliphatic heterocycles. The number of ether oxygens (including phenoxy) is 1. The number of anilines is 1. The Balaban J connectivity index is 1.58. The number of aryl methyl sites for hydroxylation is 1. The van der Waals surface area contributed by atoms with Gasteiger partial charge < -0.3 is 4.74 Å². The lowest BCUT2D eigenvalue weighted by molar-refractivity contribution is -0.115. The van der Waals surface area contributed by atoms with Crippen LogP contribution in [0.3, 0.4) is 0 Å². The summed E-state index contributed by atoms with van der Waals surface area (Å²) in [5, 5.41) is 15.8. The van der Waals surface area contributed by atoms with E-state index in [0.29, 0.717) is 5.13 Å². The molecule has 0 aliphatic carbocycles. The lowest BCUT2D eigenvalue weighted by atomic mass is 10.1. The van der Waals surface area contributed by atoms with Crippen LogP contribution in [0.1, 0.15) is 18.9 Å². The van der Waals surface area contributed by atoms with Crippen LogP contribution in [0.15, 0.2) is 41.0 Å². The monoisotopic (exact) mass is 457 g/mol. The fourth-order valence-electron chi connectivity index (χ4n) is 2.80. The van der Waals surface area contributed by atoms with Crippen LogP contribution in [0.5, 0.6) is 5.75 Å². The van der Waals surface area contributed by atoms with Crippen LogP contribution in [-0.2, 0) is 11.2 Å². The molecule has 7 nitrogen and oxygen atoms in total. The maximum atomic E-state index is 12.7. The van der Waals surface area contributed by atoms with Crippen molar-refractivity contribution >= 4 is 55.7 Å². The number of fused-ring (bicyclic) bond motifs is 1. The summed E-state index contributed by atoms with van der Waals surface area (Å²) in [6, 6.07) is 7.88. The maximum absolute atomic E-state index is 12.7. The summed E-state index contributed by atoms with van der Waals surface area (Å²) in [7, 11) is 1.65. The standard InChI is InChI=1S/C20H19N5O2S3/c1-4-15-24-25-20(30-15)23-17(26)11(2)29-19-16-14(9-28-18(16)21-10-22-19)12-5-7-13(27-3)8-6-12/h5-11H,4H2,1-3H3,(H,23,25,26). The first-order valence-electron chi connectivity index (χ1n) is 9.25. The first kappa shape index (κ1) is 20.7. The number of nitrogens with zero attached hydrogens (tertiary/aromatic N) is 4. The highest BCUT2D eigenvalue weighted by atomic mass is 32.2. The number of thioether (sulfide) groups is 1. The van der Waals surface area contributed by atoms with Gasteiger partial charge in [-0.05, 0) is 31.0 Å². The number of hydrogen-bond acceptors (Lipinski definition) is 9. The molecule has 0 bridgehead atoms. The van der Waals surface area contributed by atoms with Crippen molar-refractivity contribution in [3.63, 3.8) is 0 Å². The van der Waals surface area contributed by atoms with Crippen molar-refractivity contribution in [1.82, 2.24) is 20.2 Å². The lowest BCUT2D eigenvalue weighted by Crippen LogP contribution is -2.22. The Bertz CT molecular complexity index is 1170. The number of carbonyl (C=O) groups is 1. The Morgan fingerprint density at radius 3 is 2.73 bits per heavy atom. The number of aromatic nitrogens is 4. The van der Waals surface area contributed by atoms with Crippen molar-refractivity contribution < 1.29 is 9.53 Å². The van der Waals surface area contributed by atoms with Crippen LogP contribution in [-0.4, -0.2) is 38.4 Å². The van der Waals surface area contributed by atoms with Gasteiger partial charge in [0, 0.05) is 10.9 Å². The number of nitrogens with one attached hydrogen (secondary N) is 1. The van der Waals surface area contributed by atoms with Crippen LogP contribution >= 0.6 is 34.4 Å². The largest absolute Gasteiger partial charge is 0.497 e. The van der Waals surface area contributed by atoms with Crippen molar-refractivity contribution in [1.29, 1.82) is 0 Å². The number of amides is 1. The highest BCUT2D eigenvalue weighted by Gasteiger charge is 2.21. The molecule has 3 heterocycles. The number of carbonyl (C=O) groups excluding carboxylic acids is 1. The Morgan fingerprint density at radius 1 is 1.23 bits per heavy atom. The molecule has 0 radical (unpaired) electrons. The molecular formula is C20H19N5O2S3. The number of benzene rings is 1. The molecule has 1 amide bonds. The van der Waals surface area contributed by atoms with E-state index in [0.717, 1.165) is 43.5 Å². The van der Waals surface area contributed by atoms with Gasteiger partial charge in [0.1, 0.15) is 26.9 Å². The number of thiophene rings is 1. The SMILES string of the molecule is CCc1nnc(NC(=O)C(C)Sc2ncnc3scc(-c4ccc(OC)cc4)c23)s1. The average molecular weight is 458 g/mol. The van der Waals surface area contributed by atoms with E-state index in [1.54, 1.807) is 24.8 Å². The van der Waals surface area contributed by atoms with E-state index in [9.17, 15) is 4.79 Å². The minimum atomic E-state index is -0.360. The summed E-state index contributed by atoms with van der Waals surface area (Å²) in [6.45, 7) is 3.86. The lowest BCUT2D eigenvalue weighted by Gasteiger charge is -2.11. The van der Waals surface area contributed by atoms with Gasteiger partial charge in [0.25, 0.3) is 0 Å². The Morgan fingerprint density at radius 2 is 2.03 bits per heavy atom. The van der Waals surface area contributed by atoms with Crippen molar-refractivity contribution in [3.8, 4) is 16.9 Å². The van der Waals surface area contributed by atoms with E-state index in [-0.39, 0.29) is 11.2 Å².